The highest BCUT2D eigenvalue weighted by molar-refractivity contribution is 7.89. The van der Waals surface area contributed by atoms with Gasteiger partial charge < -0.3 is 9.15 Å². The number of nitrogens with one attached hydrogen (secondary N) is 1. The van der Waals surface area contributed by atoms with Crippen molar-refractivity contribution in [3.63, 3.8) is 0 Å². The molecule has 1 N–H and O–H groups in total. The van der Waals surface area contributed by atoms with Gasteiger partial charge in [-0.2, -0.15) is 4.72 Å². The van der Waals surface area contributed by atoms with E-state index in [9.17, 15) is 18.0 Å². The molecule has 0 aliphatic heterocycles. The van der Waals surface area contributed by atoms with E-state index >= 15 is 0 Å². The molecule has 0 spiro atoms. The van der Waals surface area contributed by atoms with Crippen LogP contribution in [0.15, 0.2) is 80.8 Å². The number of fused-ring (bicyclic) bond motifs is 3. The maximum absolute atomic E-state index is 13.4. The van der Waals surface area contributed by atoms with Crippen LogP contribution >= 0.6 is 0 Å². The summed E-state index contributed by atoms with van der Waals surface area (Å²) in [5.41, 5.74) is 3.92. The van der Waals surface area contributed by atoms with Gasteiger partial charge in [-0.1, -0.05) is 48.0 Å². The first kappa shape index (κ1) is 24.9. The van der Waals surface area contributed by atoms with Crippen molar-refractivity contribution in [3.8, 4) is 5.75 Å². The number of benzene rings is 3. The third-order valence-electron chi connectivity index (χ3n) is 6.75. The van der Waals surface area contributed by atoms with Gasteiger partial charge in [-0.25, -0.2) is 18.0 Å². The second kappa shape index (κ2) is 9.95. The number of hydrogen-bond donors (Lipinski definition) is 1. The number of carbonyl (C=O) groups is 1. The zero-order chi connectivity index (χ0) is 26.2. The number of ether oxygens (including phenoxy) is 1. The van der Waals surface area contributed by atoms with Crippen molar-refractivity contribution in [2.45, 2.75) is 50.5 Å². The Hall–Kier alpha value is -3.75. The maximum atomic E-state index is 13.4. The molecule has 1 atom stereocenters. The Morgan fingerprint density at radius 1 is 0.973 bits per heavy atom. The fourth-order valence-electron chi connectivity index (χ4n) is 4.75. The van der Waals surface area contributed by atoms with Crippen LogP contribution in [0.25, 0.3) is 11.0 Å². The number of aryl methyl sites for hydroxylation is 3. The summed E-state index contributed by atoms with van der Waals surface area (Å²) in [6, 6.07) is 17.8. The Morgan fingerprint density at radius 3 is 2.41 bits per heavy atom. The molecule has 5 rings (SSSR count). The van der Waals surface area contributed by atoms with Gasteiger partial charge in [0, 0.05) is 16.5 Å². The van der Waals surface area contributed by atoms with Gasteiger partial charge in [0.05, 0.1) is 4.90 Å². The molecule has 37 heavy (non-hydrogen) atoms. The van der Waals surface area contributed by atoms with Gasteiger partial charge in [0.1, 0.15) is 17.4 Å². The van der Waals surface area contributed by atoms with Crippen LogP contribution < -0.4 is 15.1 Å². The van der Waals surface area contributed by atoms with E-state index in [4.69, 9.17) is 9.15 Å². The molecule has 0 unspecified atom stereocenters. The molecule has 0 radical (unpaired) electrons. The quantitative estimate of drug-likeness (QED) is 0.222. The predicted molar refractivity (Wildman–Crippen MR) is 140 cm³/mol. The van der Waals surface area contributed by atoms with Gasteiger partial charge in [-0.05, 0) is 74.9 Å². The predicted octanol–water partition coefficient (Wildman–Crippen LogP) is 4.39. The maximum Gasteiger partial charge on any atom is 0.339 e. The summed E-state index contributed by atoms with van der Waals surface area (Å²) in [6.07, 6.45) is 2.50. The van der Waals surface area contributed by atoms with E-state index in [0.29, 0.717) is 23.1 Å². The molecule has 4 aromatic rings. The fraction of sp³-hybridized carbons (Fsp3) is 0.241. The van der Waals surface area contributed by atoms with Crippen molar-refractivity contribution in [1.82, 2.24) is 4.72 Å². The van der Waals surface area contributed by atoms with Gasteiger partial charge in [-0.15, -0.1) is 0 Å². The van der Waals surface area contributed by atoms with E-state index in [-0.39, 0.29) is 22.7 Å². The summed E-state index contributed by atoms with van der Waals surface area (Å²) in [6.45, 7) is 3.58. The first-order valence-electron chi connectivity index (χ1n) is 12.2. The zero-order valence-corrected chi connectivity index (χ0v) is 21.4. The third kappa shape index (κ3) is 5.08. The molecule has 0 bridgehead atoms. The fourth-order valence-corrected chi connectivity index (χ4v) is 5.93. The summed E-state index contributed by atoms with van der Waals surface area (Å²) in [5, 5.41) is 0.838. The van der Waals surface area contributed by atoms with Crippen molar-refractivity contribution >= 4 is 27.0 Å². The van der Waals surface area contributed by atoms with Crippen molar-refractivity contribution in [1.29, 1.82) is 0 Å². The monoisotopic (exact) mass is 517 g/mol. The molecule has 1 aliphatic carbocycles. The minimum absolute atomic E-state index is 0.0569. The van der Waals surface area contributed by atoms with E-state index in [1.807, 2.05) is 37.3 Å². The molecular weight excluding hydrogens is 490 g/mol. The van der Waals surface area contributed by atoms with E-state index in [1.54, 1.807) is 31.2 Å². The largest absolute Gasteiger partial charge is 0.425 e. The van der Waals surface area contributed by atoms with E-state index in [0.717, 1.165) is 34.9 Å². The van der Waals surface area contributed by atoms with E-state index in [1.165, 1.54) is 12.1 Å². The molecule has 3 aromatic carbocycles. The molecule has 1 heterocycles. The highest BCUT2D eigenvalue weighted by Gasteiger charge is 2.29. The minimum Gasteiger partial charge on any atom is -0.425 e. The Balaban J connectivity index is 1.47. The summed E-state index contributed by atoms with van der Waals surface area (Å²) in [4.78, 5) is 25.9. The first-order chi connectivity index (χ1) is 17.7. The zero-order valence-electron chi connectivity index (χ0n) is 20.6. The van der Waals surface area contributed by atoms with Crippen LogP contribution in [0.3, 0.4) is 0 Å². The average molecular weight is 518 g/mol. The van der Waals surface area contributed by atoms with Gasteiger partial charge in [0.2, 0.25) is 10.0 Å². The first-order valence-corrected chi connectivity index (χ1v) is 13.6. The lowest BCUT2D eigenvalue weighted by Crippen LogP contribution is -2.44. The highest BCUT2D eigenvalue weighted by Crippen LogP contribution is 2.33. The second-order valence-electron chi connectivity index (χ2n) is 9.36. The van der Waals surface area contributed by atoms with Crippen LogP contribution in [0, 0.1) is 13.8 Å². The van der Waals surface area contributed by atoms with Crippen LogP contribution in [0.2, 0.25) is 0 Å². The molecule has 0 amide bonds. The topological polar surface area (TPSA) is 103 Å². The van der Waals surface area contributed by atoms with Crippen molar-refractivity contribution in [2.75, 3.05) is 0 Å². The number of sulfonamides is 1. The Kier molecular flexibility index (Phi) is 6.70. The lowest BCUT2D eigenvalue weighted by Gasteiger charge is -2.19. The third-order valence-corrected chi connectivity index (χ3v) is 8.23. The number of hydrogen-bond acceptors (Lipinski definition) is 6. The van der Waals surface area contributed by atoms with Crippen LogP contribution in [0.4, 0.5) is 0 Å². The lowest BCUT2D eigenvalue weighted by molar-refractivity contribution is -0.136. The smallest absolute Gasteiger partial charge is 0.339 e. The Bertz CT molecular complexity index is 1640. The Labute approximate surface area is 215 Å². The molecule has 7 nitrogen and oxygen atoms in total. The molecule has 8 heteroatoms. The second-order valence-corrected chi connectivity index (χ2v) is 11.1. The van der Waals surface area contributed by atoms with E-state index in [2.05, 4.69) is 4.72 Å². The van der Waals surface area contributed by atoms with E-state index < -0.39 is 22.0 Å². The van der Waals surface area contributed by atoms with Gasteiger partial charge in [0.15, 0.2) is 0 Å². The SMILES string of the molecule is Cc1ccc(S(=O)(=O)N[C@H](Cc2ccccc2)C(=O)Oc2ccc3c4c(c(=O)oc3c2C)CCC4)cc1. The molecule has 0 fully saturated rings. The summed E-state index contributed by atoms with van der Waals surface area (Å²) in [7, 11) is -4.00. The molecule has 0 saturated heterocycles. The molecule has 1 aromatic heterocycles. The molecular formula is C29H27NO6S. The number of carbonyl (C=O) groups excluding carboxylic acids is 1. The van der Waals surface area contributed by atoms with Crippen LogP contribution in [-0.4, -0.2) is 20.4 Å². The van der Waals surface area contributed by atoms with Crippen LogP contribution in [-0.2, 0) is 34.1 Å². The lowest BCUT2D eigenvalue weighted by atomic mass is 10.0. The minimum atomic E-state index is -4.00. The van der Waals surface area contributed by atoms with Gasteiger partial charge >= 0.3 is 11.6 Å². The van der Waals surface area contributed by atoms with Crippen molar-refractivity contribution in [2.24, 2.45) is 0 Å². The van der Waals surface area contributed by atoms with Gasteiger partial charge in [-0.3, -0.25) is 0 Å². The normalized spacial score (nSPS) is 13.9. The summed E-state index contributed by atoms with van der Waals surface area (Å²) >= 11 is 0. The standard InChI is InChI=1S/C29H27NO6S/c1-18-11-13-21(14-12-18)37(33,34)30-25(17-20-7-4-3-5-8-20)29(32)35-26-16-15-23-22-9-6-10-24(22)28(31)36-27(23)19(26)2/h3-5,7-8,11-16,25,30H,6,9-10,17H2,1-2H3/t25-/m1/s1. The van der Waals surface area contributed by atoms with Crippen molar-refractivity contribution < 1.29 is 22.4 Å². The van der Waals surface area contributed by atoms with Gasteiger partial charge in [0.25, 0.3) is 0 Å². The Morgan fingerprint density at radius 2 is 1.68 bits per heavy atom. The summed E-state index contributed by atoms with van der Waals surface area (Å²) in [5.74, 6) is -0.545. The van der Waals surface area contributed by atoms with Crippen LogP contribution in [0.5, 0.6) is 5.75 Å². The number of rotatable bonds is 7. The molecule has 0 saturated carbocycles. The molecule has 1 aliphatic rings. The number of esters is 1. The van der Waals surface area contributed by atoms with Crippen LogP contribution in [0.1, 0.15) is 34.2 Å². The summed E-state index contributed by atoms with van der Waals surface area (Å²) < 4.78 is 40.1. The molecule has 190 valence electrons. The van der Waals surface area contributed by atoms with Crippen molar-refractivity contribution in [3.05, 3.63) is 105 Å². The highest BCUT2D eigenvalue weighted by atomic mass is 32.2. The average Bonchev–Trinajstić information content (AvgIpc) is 3.38.